The van der Waals surface area contributed by atoms with Crippen LogP contribution in [0.25, 0.3) is 0 Å². The van der Waals surface area contributed by atoms with Crippen molar-refractivity contribution in [2.24, 2.45) is 0 Å². The first-order valence-corrected chi connectivity index (χ1v) is 7.82. The summed E-state index contributed by atoms with van der Waals surface area (Å²) < 4.78 is 9.96. The number of esters is 1. The number of amides is 1. The predicted molar refractivity (Wildman–Crippen MR) is 89.0 cm³/mol. The second-order valence-electron chi connectivity index (χ2n) is 6.49. The van der Waals surface area contributed by atoms with Crippen LogP contribution in [0.2, 0.25) is 0 Å². The fourth-order valence-corrected chi connectivity index (χ4v) is 2.33. The Bertz CT molecular complexity index is 607. The lowest BCUT2D eigenvalue weighted by Crippen LogP contribution is -2.42. The van der Waals surface area contributed by atoms with Crippen LogP contribution in [0.5, 0.6) is 0 Å². The van der Waals surface area contributed by atoms with Gasteiger partial charge in [0, 0.05) is 31.9 Å². The summed E-state index contributed by atoms with van der Waals surface area (Å²) in [4.78, 5) is 28.1. The van der Waals surface area contributed by atoms with Gasteiger partial charge < -0.3 is 20.1 Å². The van der Waals surface area contributed by atoms with Gasteiger partial charge in [-0.05, 0) is 32.4 Å². The second-order valence-corrected chi connectivity index (χ2v) is 6.49. The molecule has 0 spiro atoms. The molecule has 2 heterocycles. The first-order valence-electron chi connectivity index (χ1n) is 7.82. The van der Waals surface area contributed by atoms with Crippen molar-refractivity contribution < 1.29 is 19.1 Å². The monoisotopic (exact) mass is 336 g/mol. The molecule has 1 saturated heterocycles. The van der Waals surface area contributed by atoms with Gasteiger partial charge in [-0.15, -0.1) is 0 Å². The Hall–Kier alpha value is -2.19. The summed E-state index contributed by atoms with van der Waals surface area (Å²) in [6.07, 6.45) is 0.957. The first-order chi connectivity index (χ1) is 11.3. The summed E-state index contributed by atoms with van der Waals surface area (Å²) in [5.41, 5.74) is 0.521. The number of methoxy groups -OCH3 is 1. The molecule has 0 radical (unpaired) electrons. The molecule has 1 aromatic rings. The number of pyridine rings is 1. The van der Waals surface area contributed by atoms with E-state index >= 15 is 0 Å². The fraction of sp³-hybridized carbons (Fsp3) is 0.562. The standard InChI is InChI=1S/C16H24N4O4/c1-16(2,3)24-15(22)20-11-7-10(12-9-17-5-6-18-12)8-19-13(11)14(21)23-4/h7-8,12,17-18H,5-6,9H2,1-4H3,(H,20,22). The third-order valence-corrected chi connectivity index (χ3v) is 3.37. The van der Waals surface area contributed by atoms with Crippen LogP contribution in [0, 0.1) is 0 Å². The zero-order valence-corrected chi connectivity index (χ0v) is 14.4. The molecule has 1 atom stereocenters. The van der Waals surface area contributed by atoms with Gasteiger partial charge in [-0.25, -0.2) is 14.6 Å². The highest BCUT2D eigenvalue weighted by Crippen LogP contribution is 2.22. The van der Waals surface area contributed by atoms with Crippen LogP contribution < -0.4 is 16.0 Å². The van der Waals surface area contributed by atoms with Crippen molar-refractivity contribution in [2.75, 3.05) is 32.1 Å². The summed E-state index contributed by atoms with van der Waals surface area (Å²) in [6, 6.07) is 1.77. The zero-order chi connectivity index (χ0) is 17.7. The summed E-state index contributed by atoms with van der Waals surface area (Å²) in [5.74, 6) is -0.623. The molecule has 1 amide bonds. The smallest absolute Gasteiger partial charge is 0.412 e. The number of hydrogen-bond donors (Lipinski definition) is 3. The molecular formula is C16H24N4O4. The molecule has 0 aliphatic carbocycles. The Balaban J connectivity index is 2.26. The maximum Gasteiger partial charge on any atom is 0.412 e. The SMILES string of the molecule is COC(=O)c1ncc(C2CNCCN2)cc1NC(=O)OC(C)(C)C. The van der Waals surface area contributed by atoms with Gasteiger partial charge in [0.2, 0.25) is 0 Å². The van der Waals surface area contributed by atoms with E-state index in [1.54, 1.807) is 33.0 Å². The number of aromatic nitrogens is 1. The highest BCUT2D eigenvalue weighted by atomic mass is 16.6. The number of ether oxygens (including phenoxy) is 2. The quantitative estimate of drug-likeness (QED) is 0.718. The summed E-state index contributed by atoms with van der Waals surface area (Å²) in [6.45, 7) is 7.76. The van der Waals surface area contributed by atoms with Crippen LogP contribution in [-0.2, 0) is 9.47 Å². The summed E-state index contributed by atoms with van der Waals surface area (Å²) in [7, 11) is 1.27. The van der Waals surface area contributed by atoms with E-state index in [1.807, 2.05) is 0 Å². The molecule has 0 bridgehead atoms. The van der Waals surface area contributed by atoms with Gasteiger partial charge in [0.25, 0.3) is 0 Å². The Kier molecular flexibility index (Phi) is 5.74. The maximum absolute atomic E-state index is 12.0. The lowest BCUT2D eigenvalue weighted by molar-refractivity contribution is 0.0595. The van der Waals surface area contributed by atoms with Gasteiger partial charge in [-0.3, -0.25) is 5.32 Å². The van der Waals surface area contributed by atoms with Crippen LogP contribution in [0.3, 0.4) is 0 Å². The number of anilines is 1. The van der Waals surface area contributed by atoms with Crippen molar-refractivity contribution in [3.8, 4) is 0 Å². The van der Waals surface area contributed by atoms with Gasteiger partial charge in [0.15, 0.2) is 5.69 Å². The molecule has 1 aliphatic rings. The van der Waals surface area contributed by atoms with Crippen molar-refractivity contribution in [3.63, 3.8) is 0 Å². The molecule has 1 fully saturated rings. The summed E-state index contributed by atoms with van der Waals surface area (Å²) in [5, 5.41) is 9.22. The third kappa shape index (κ3) is 4.90. The van der Waals surface area contributed by atoms with E-state index < -0.39 is 17.7 Å². The molecule has 8 nitrogen and oxygen atoms in total. The second kappa shape index (κ2) is 7.59. The first kappa shape index (κ1) is 18.2. The minimum atomic E-state index is -0.652. The number of carbonyl (C=O) groups is 2. The molecule has 24 heavy (non-hydrogen) atoms. The molecule has 0 saturated carbocycles. The predicted octanol–water partition coefficient (Wildman–Crippen LogP) is 1.45. The summed E-state index contributed by atoms with van der Waals surface area (Å²) >= 11 is 0. The Morgan fingerprint density at radius 1 is 1.33 bits per heavy atom. The molecular weight excluding hydrogens is 312 g/mol. The van der Waals surface area contributed by atoms with Crippen molar-refractivity contribution >= 4 is 17.7 Å². The van der Waals surface area contributed by atoms with Gasteiger partial charge in [0.1, 0.15) is 5.60 Å². The van der Waals surface area contributed by atoms with Crippen molar-refractivity contribution in [1.29, 1.82) is 0 Å². The van der Waals surface area contributed by atoms with E-state index in [1.165, 1.54) is 7.11 Å². The lowest BCUT2D eigenvalue weighted by Gasteiger charge is -2.25. The third-order valence-electron chi connectivity index (χ3n) is 3.37. The molecule has 1 unspecified atom stereocenters. The van der Waals surface area contributed by atoms with Gasteiger partial charge in [-0.1, -0.05) is 0 Å². The number of nitrogens with zero attached hydrogens (tertiary/aromatic N) is 1. The average Bonchev–Trinajstić information content (AvgIpc) is 2.53. The van der Waals surface area contributed by atoms with E-state index in [9.17, 15) is 9.59 Å². The number of piperazine rings is 1. The van der Waals surface area contributed by atoms with Crippen LogP contribution in [0.1, 0.15) is 42.9 Å². The normalized spacial score (nSPS) is 17.9. The van der Waals surface area contributed by atoms with E-state index in [4.69, 9.17) is 9.47 Å². The van der Waals surface area contributed by atoms with Gasteiger partial charge in [-0.2, -0.15) is 0 Å². The van der Waals surface area contributed by atoms with Crippen molar-refractivity contribution in [1.82, 2.24) is 15.6 Å². The topological polar surface area (TPSA) is 102 Å². The van der Waals surface area contributed by atoms with E-state index in [2.05, 4.69) is 20.9 Å². The number of rotatable bonds is 3. The number of hydrogen-bond acceptors (Lipinski definition) is 7. The van der Waals surface area contributed by atoms with Crippen molar-refractivity contribution in [2.45, 2.75) is 32.4 Å². The van der Waals surface area contributed by atoms with Crippen LogP contribution in [-0.4, -0.2) is 49.4 Å². The van der Waals surface area contributed by atoms with Gasteiger partial charge >= 0.3 is 12.1 Å². The minimum absolute atomic E-state index is 0.0378. The molecule has 2 rings (SSSR count). The van der Waals surface area contributed by atoms with E-state index in [-0.39, 0.29) is 17.4 Å². The lowest BCUT2D eigenvalue weighted by atomic mass is 10.1. The Morgan fingerprint density at radius 2 is 2.08 bits per heavy atom. The van der Waals surface area contributed by atoms with Crippen molar-refractivity contribution in [3.05, 3.63) is 23.5 Å². The van der Waals surface area contributed by atoms with Crippen LogP contribution in [0.15, 0.2) is 12.3 Å². The largest absolute Gasteiger partial charge is 0.464 e. The maximum atomic E-state index is 12.0. The molecule has 8 heteroatoms. The van der Waals surface area contributed by atoms with E-state index in [0.717, 1.165) is 25.2 Å². The van der Waals surface area contributed by atoms with Crippen LogP contribution in [0.4, 0.5) is 10.5 Å². The molecule has 0 aromatic carbocycles. The number of nitrogens with one attached hydrogen (secondary N) is 3. The molecule has 1 aromatic heterocycles. The van der Waals surface area contributed by atoms with Gasteiger partial charge in [0.05, 0.1) is 12.8 Å². The minimum Gasteiger partial charge on any atom is -0.464 e. The molecule has 132 valence electrons. The molecule has 3 N–H and O–H groups in total. The zero-order valence-electron chi connectivity index (χ0n) is 14.4. The molecule has 1 aliphatic heterocycles. The fourth-order valence-electron chi connectivity index (χ4n) is 2.33. The Morgan fingerprint density at radius 3 is 2.67 bits per heavy atom. The number of carbonyl (C=O) groups excluding carboxylic acids is 2. The average molecular weight is 336 g/mol. The van der Waals surface area contributed by atoms with E-state index in [0.29, 0.717) is 0 Å². The highest BCUT2D eigenvalue weighted by molar-refractivity contribution is 5.98. The highest BCUT2D eigenvalue weighted by Gasteiger charge is 2.23. The Labute approximate surface area is 141 Å². The van der Waals surface area contributed by atoms with Crippen LogP contribution >= 0.6 is 0 Å².